The Morgan fingerprint density at radius 1 is 1.29 bits per heavy atom. The Labute approximate surface area is 185 Å². The number of likely N-dealkylation sites (tertiary alicyclic amines) is 1. The Kier molecular flexibility index (Phi) is 6.63. The summed E-state index contributed by atoms with van der Waals surface area (Å²) in [4.78, 5) is 19.1. The molecule has 8 heteroatoms. The van der Waals surface area contributed by atoms with Gasteiger partial charge in [-0.2, -0.15) is 4.98 Å². The maximum atomic E-state index is 13.5. The lowest BCUT2D eigenvalue weighted by Crippen LogP contribution is -2.35. The molecule has 1 amide bonds. The van der Waals surface area contributed by atoms with Gasteiger partial charge in [0.15, 0.2) is 0 Å². The normalized spacial score (nSPS) is 17.1. The summed E-state index contributed by atoms with van der Waals surface area (Å²) in [5.41, 5.74) is 7.88. The van der Waals surface area contributed by atoms with Gasteiger partial charge in [-0.1, -0.05) is 41.0 Å². The van der Waals surface area contributed by atoms with Crippen LogP contribution in [-0.2, 0) is 11.2 Å². The van der Waals surface area contributed by atoms with Crippen molar-refractivity contribution in [2.24, 2.45) is 5.73 Å². The molecule has 3 aromatic rings. The van der Waals surface area contributed by atoms with Crippen LogP contribution in [0.25, 0.3) is 11.4 Å². The number of carbonyl (C=O) groups excluding carboxylic acids is 1. The summed E-state index contributed by atoms with van der Waals surface area (Å²) in [7, 11) is 0. The summed E-state index contributed by atoms with van der Waals surface area (Å²) in [6, 6.07) is 13.2. The first-order valence-corrected chi connectivity index (χ1v) is 10.8. The number of hydrogen-bond donors (Lipinski definition) is 1. The minimum absolute atomic E-state index is 0.0217. The van der Waals surface area contributed by atoms with Crippen molar-refractivity contribution in [1.82, 2.24) is 15.0 Å². The Hall–Kier alpha value is -2.77. The number of aryl methyl sites for hydroxylation is 1. The predicted molar refractivity (Wildman–Crippen MR) is 116 cm³/mol. The van der Waals surface area contributed by atoms with Gasteiger partial charge in [-0.25, -0.2) is 4.39 Å². The average Bonchev–Trinajstić information content (AvgIpc) is 3.42. The zero-order valence-corrected chi connectivity index (χ0v) is 17.8. The molecule has 1 aliphatic heterocycles. The summed E-state index contributed by atoms with van der Waals surface area (Å²) in [6.45, 7) is 0.627. The molecular formula is C23H24ClFN4O2. The number of rotatable bonds is 7. The monoisotopic (exact) mass is 442 g/mol. The number of aromatic nitrogens is 2. The van der Waals surface area contributed by atoms with Crippen LogP contribution >= 0.6 is 11.6 Å². The number of carbonyl (C=O) groups is 1. The van der Waals surface area contributed by atoms with Crippen LogP contribution in [0.15, 0.2) is 53.1 Å². The van der Waals surface area contributed by atoms with Crippen LogP contribution < -0.4 is 5.73 Å². The summed E-state index contributed by atoms with van der Waals surface area (Å²) in [5, 5.41) is 4.66. The number of benzene rings is 2. The van der Waals surface area contributed by atoms with Gasteiger partial charge in [0.25, 0.3) is 0 Å². The third kappa shape index (κ3) is 5.29. The summed E-state index contributed by atoms with van der Waals surface area (Å²) in [6.07, 6.45) is 3.30. The molecule has 0 bridgehead atoms. The topological polar surface area (TPSA) is 85.3 Å². The van der Waals surface area contributed by atoms with Crippen molar-refractivity contribution >= 4 is 17.5 Å². The number of hydrogen-bond acceptors (Lipinski definition) is 5. The Morgan fingerprint density at radius 3 is 2.94 bits per heavy atom. The molecule has 1 aliphatic rings. The van der Waals surface area contributed by atoms with Crippen LogP contribution in [0.5, 0.6) is 0 Å². The number of halogens is 2. The SMILES string of the molecule is NC(CCc1cccc(Cl)c1)CC(=O)N1CCC[C@H]1c1nc(-c2cccc(F)c2)no1. The van der Waals surface area contributed by atoms with E-state index in [1.54, 1.807) is 17.0 Å². The molecular weight excluding hydrogens is 419 g/mol. The van der Waals surface area contributed by atoms with Gasteiger partial charge in [-0.3, -0.25) is 4.79 Å². The first-order chi connectivity index (χ1) is 15.0. The first kappa shape index (κ1) is 21.5. The van der Waals surface area contributed by atoms with Gasteiger partial charge in [0, 0.05) is 29.6 Å². The second kappa shape index (κ2) is 9.58. The van der Waals surface area contributed by atoms with Crippen molar-refractivity contribution < 1.29 is 13.7 Å². The maximum Gasteiger partial charge on any atom is 0.249 e. The van der Waals surface area contributed by atoms with Gasteiger partial charge in [0.2, 0.25) is 17.6 Å². The zero-order chi connectivity index (χ0) is 21.8. The van der Waals surface area contributed by atoms with E-state index in [-0.39, 0.29) is 30.2 Å². The molecule has 1 fully saturated rings. The van der Waals surface area contributed by atoms with E-state index in [1.165, 1.54) is 12.1 Å². The first-order valence-electron chi connectivity index (χ1n) is 10.4. The molecule has 2 heterocycles. The Morgan fingerprint density at radius 2 is 2.13 bits per heavy atom. The van der Waals surface area contributed by atoms with Crippen molar-refractivity contribution in [2.45, 2.75) is 44.2 Å². The van der Waals surface area contributed by atoms with Gasteiger partial charge < -0.3 is 15.2 Å². The fourth-order valence-corrected chi connectivity index (χ4v) is 4.14. The van der Waals surface area contributed by atoms with Crippen LogP contribution in [0.2, 0.25) is 5.02 Å². The van der Waals surface area contributed by atoms with Gasteiger partial charge in [0.05, 0.1) is 0 Å². The lowest BCUT2D eigenvalue weighted by atomic mass is 10.0. The van der Waals surface area contributed by atoms with E-state index >= 15 is 0 Å². The second-order valence-corrected chi connectivity index (χ2v) is 8.28. The average molecular weight is 443 g/mol. The van der Waals surface area contributed by atoms with E-state index in [0.717, 1.165) is 24.8 Å². The number of nitrogens with two attached hydrogens (primary N) is 1. The van der Waals surface area contributed by atoms with Gasteiger partial charge in [0.1, 0.15) is 11.9 Å². The highest BCUT2D eigenvalue weighted by atomic mass is 35.5. The summed E-state index contributed by atoms with van der Waals surface area (Å²) < 4.78 is 18.9. The Balaban J connectivity index is 1.37. The maximum absolute atomic E-state index is 13.5. The number of amides is 1. The quantitative estimate of drug-likeness (QED) is 0.580. The van der Waals surface area contributed by atoms with Crippen molar-refractivity contribution in [3.05, 3.63) is 70.8 Å². The smallest absolute Gasteiger partial charge is 0.249 e. The van der Waals surface area contributed by atoms with E-state index < -0.39 is 0 Å². The molecule has 1 unspecified atom stereocenters. The Bertz CT molecular complexity index is 1060. The molecule has 0 radical (unpaired) electrons. The van der Waals surface area contributed by atoms with E-state index in [2.05, 4.69) is 10.1 Å². The van der Waals surface area contributed by atoms with E-state index in [4.69, 9.17) is 21.9 Å². The van der Waals surface area contributed by atoms with Crippen molar-refractivity contribution in [3.8, 4) is 11.4 Å². The molecule has 1 saturated heterocycles. The molecule has 0 saturated carbocycles. The fraction of sp³-hybridized carbons (Fsp3) is 0.348. The molecule has 2 atom stereocenters. The standard InChI is InChI=1S/C23H24ClFN4O2/c24-17-6-1-4-15(12-17)9-10-19(26)14-21(30)29-11-3-8-20(29)23-27-22(28-31-23)16-5-2-7-18(25)13-16/h1-2,4-7,12-13,19-20H,3,8-11,14,26H2/t19?,20-/m0/s1. The molecule has 31 heavy (non-hydrogen) atoms. The van der Waals surface area contributed by atoms with E-state index in [0.29, 0.717) is 35.3 Å². The predicted octanol–water partition coefficient (Wildman–Crippen LogP) is 4.54. The fourth-order valence-electron chi connectivity index (χ4n) is 3.93. The minimum atomic E-state index is -0.367. The van der Waals surface area contributed by atoms with E-state index in [9.17, 15) is 9.18 Å². The molecule has 2 N–H and O–H groups in total. The van der Waals surface area contributed by atoms with Crippen LogP contribution in [0, 0.1) is 5.82 Å². The van der Waals surface area contributed by atoms with Crippen LogP contribution in [-0.4, -0.2) is 33.5 Å². The van der Waals surface area contributed by atoms with Crippen LogP contribution in [0.1, 0.15) is 43.2 Å². The molecule has 0 spiro atoms. The summed E-state index contributed by atoms with van der Waals surface area (Å²) >= 11 is 6.02. The lowest BCUT2D eigenvalue weighted by Gasteiger charge is -2.23. The zero-order valence-electron chi connectivity index (χ0n) is 17.0. The molecule has 1 aromatic heterocycles. The van der Waals surface area contributed by atoms with Crippen LogP contribution in [0.4, 0.5) is 4.39 Å². The van der Waals surface area contributed by atoms with Crippen molar-refractivity contribution in [1.29, 1.82) is 0 Å². The van der Waals surface area contributed by atoms with Gasteiger partial charge >= 0.3 is 0 Å². The van der Waals surface area contributed by atoms with Crippen molar-refractivity contribution in [3.63, 3.8) is 0 Å². The third-order valence-electron chi connectivity index (χ3n) is 5.51. The van der Waals surface area contributed by atoms with Crippen molar-refractivity contribution in [2.75, 3.05) is 6.54 Å². The van der Waals surface area contributed by atoms with E-state index in [1.807, 2.05) is 24.3 Å². The largest absolute Gasteiger partial charge is 0.337 e. The second-order valence-electron chi connectivity index (χ2n) is 7.84. The molecule has 162 valence electrons. The third-order valence-corrected chi connectivity index (χ3v) is 5.75. The molecule has 4 rings (SSSR count). The molecule has 6 nitrogen and oxygen atoms in total. The highest BCUT2D eigenvalue weighted by Gasteiger charge is 2.34. The molecule has 2 aromatic carbocycles. The highest BCUT2D eigenvalue weighted by molar-refractivity contribution is 6.30. The highest BCUT2D eigenvalue weighted by Crippen LogP contribution is 2.32. The lowest BCUT2D eigenvalue weighted by molar-refractivity contribution is -0.133. The summed E-state index contributed by atoms with van der Waals surface area (Å²) in [5.74, 6) is 0.296. The minimum Gasteiger partial charge on any atom is -0.337 e. The number of nitrogens with zero attached hydrogens (tertiary/aromatic N) is 3. The van der Waals surface area contributed by atoms with Gasteiger partial charge in [-0.15, -0.1) is 0 Å². The van der Waals surface area contributed by atoms with Gasteiger partial charge in [-0.05, 0) is 55.5 Å². The molecule has 0 aliphatic carbocycles. The van der Waals surface area contributed by atoms with Crippen LogP contribution in [0.3, 0.4) is 0 Å².